The Kier molecular flexibility index (Phi) is 4.24. The number of rotatable bonds is 5. The van der Waals surface area contributed by atoms with Gasteiger partial charge in [-0.15, -0.1) is 0 Å². The maximum atomic E-state index is 5.17. The van der Waals surface area contributed by atoms with Gasteiger partial charge in [-0.25, -0.2) is 15.0 Å². The van der Waals surface area contributed by atoms with E-state index in [9.17, 15) is 0 Å². The van der Waals surface area contributed by atoms with Gasteiger partial charge in [0, 0.05) is 36.3 Å². The second-order valence-corrected chi connectivity index (χ2v) is 5.76. The molecule has 4 rings (SSSR count). The van der Waals surface area contributed by atoms with Crippen LogP contribution in [0.1, 0.15) is 11.4 Å². The van der Waals surface area contributed by atoms with E-state index in [0.29, 0.717) is 18.2 Å². The molecule has 8 nitrogen and oxygen atoms in total. The van der Waals surface area contributed by atoms with Crippen LogP contribution in [-0.4, -0.2) is 36.7 Å². The van der Waals surface area contributed by atoms with E-state index >= 15 is 0 Å². The molecular weight excluding hydrogens is 330 g/mol. The van der Waals surface area contributed by atoms with E-state index in [1.165, 1.54) is 6.33 Å². The molecule has 3 aromatic heterocycles. The Morgan fingerprint density at radius 2 is 1.92 bits per heavy atom. The topological polar surface area (TPSA) is 90.1 Å². The summed E-state index contributed by atoms with van der Waals surface area (Å²) in [5.74, 6) is 1.99. The summed E-state index contributed by atoms with van der Waals surface area (Å²) in [6.07, 6.45) is 3.24. The Morgan fingerprint density at radius 1 is 1.08 bits per heavy atom. The Bertz CT molecular complexity index is 1040. The molecule has 0 saturated heterocycles. The molecule has 8 heteroatoms. The lowest BCUT2D eigenvalue weighted by Gasteiger charge is -2.10. The van der Waals surface area contributed by atoms with E-state index in [1.54, 1.807) is 17.8 Å². The van der Waals surface area contributed by atoms with Crippen molar-refractivity contribution in [1.82, 2.24) is 29.5 Å². The number of nitrogens with zero attached hydrogens (tertiary/aromatic N) is 6. The van der Waals surface area contributed by atoms with Gasteiger partial charge in [0.1, 0.15) is 12.1 Å². The molecule has 0 aliphatic carbocycles. The predicted octanol–water partition coefficient (Wildman–Crippen LogP) is 2.78. The van der Waals surface area contributed by atoms with Crippen LogP contribution in [0.2, 0.25) is 0 Å². The predicted molar refractivity (Wildman–Crippen MR) is 97.0 cm³/mol. The molecule has 0 aliphatic rings. The zero-order valence-electron chi connectivity index (χ0n) is 14.4. The lowest BCUT2D eigenvalue weighted by atomic mass is 10.2. The van der Waals surface area contributed by atoms with Crippen LogP contribution in [0.15, 0.2) is 48.9 Å². The highest BCUT2D eigenvalue weighted by Gasteiger charge is 2.08. The van der Waals surface area contributed by atoms with Crippen molar-refractivity contribution in [3.05, 3.63) is 60.3 Å². The minimum Gasteiger partial charge on any atom is -0.378 e. The van der Waals surface area contributed by atoms with Crippen molar-refractivity contribution in [2.45, 2.75) is 13.5 Å². The number of fused-ring (bicyclic) bond motifs is 1. The number of aryl methyl sites for hydroxylation is 1. The molecular formula is C18H17N7O. The van der Waals surface area contributed by atoms with Crippen LogP contribution in [0.25, 0.3) is 17.2 Å². The monoisotopic (exact) mass is 347 g/mol. The van der Waals surface area contributed by atoms with Gasteiger partial charge < -0.3 is 10.1 Å². The van der Waals surface area contributed by atoms with Crippen LogP contribution in [0, 0.1) is 6.92 Å². The summed E-state index contributed by atoms with van der Waals surface area (Å²) in [4.78, 5) is 17.3. The number of aromatic nitrogens is 6. The Balaban J connectivity index is 1.63. The van der Waals surface area contributed by atoms with Gasteiger partial charge in [-0.2, -0.15) is 14.6 Å². The van der Waals surface area contributed by atoms with Crippen LogP contribution in [-0.2, 0) is 11.3 Å². The van der Waals surface area contributed by atoms with Gasteiger partial charge in [-0.3, -0.25) is 0 Å². The minimum atomic E-state index is 0.404. The number of benzene rings is 1. The Morgan fingerprint density at radius 3 is 2.69 bits per heavy atom. The van der Waals surface area contributed by atoms with Crippen molar-refractivity contribution in [3.8, 4) is 11.4 Å². The van der Waals surface area contributed by atoms with Crippen LogP contribution in [0.4, 0.5) is 11.5 Å². The Labute approximate surface area is 149 Å². The average molecular weight is 347 g/mol. The van der Waals surface area contributed by atoms with Crippen LogP contribution in [0.5, 0.6) is 0 Å². The maximum Gasteiger partial charge on any atom is 0.254 e. The SMILES string of the molecule is COCc1cc(Nc2ccc(-c3nccc(C)n3)cc2)n2ncnc2n1. The highest BCUT2D eigenvalue weighted by atomic mass is 16.5. The van der Waals surface area contributed by atoms with E-state index in [4.69, 9.17) is 4.74 Å². The first-order valence-corrected chi connectivity index (χ1v) is 8.08. The maximum absolute atomic E-state index is 5.17. The number of anilines is 2. The van der Waals surface area contributed by atoms with Crippen molar-refractivity contribution >= 4 is 17.3 Å². The summed E-state index contributed by atoms with van der Waals surface area (Å²) >= 11 is 0. The molecule has 0 aliphatic heterocycles. The molecule has 4 aromatic rings. The molecule has 1 N–H and O–H groups in total. The second-order valence-electron chi connectivity index (χ2n) is 5.76. The quantitative estimate of drug-likeness (QED) is 0.593. The fourth-order valence-corrected chi connectivity index (χ4v) is 2.61. The van der Waals surface area contributed by atoms with Gasteiger partial charge in [0.25, 0.3) is 5.78 Å². The summed E-state index contributed by atoms with van der Waals surface area (Å²) in [6, 6.07) is 11.7. The molecule has 0 saturated carbocycles. The van der Waals surface area contributed by atoms with Gasteiger partial charge in [0.15, 0.2) is 5.82 Å². The molecule has 0 radical (unpaired) electrons. The first-order valence-electron chi connectivity index (χ1n) is 8.08. The highest BCUT2D eigenvalue weighted by Crippen LogP contribution is 2.22. The fourth-order valence-electron chi connectivity index (χ4n) is 2.61. The van der Waals surface area contributed by atoms with Gasteiger partial charge in [0.05, 0.1) is 12.3 Å². The van der Waals surface area contributed by atoms with E-state index in [-0.39, 0.29) is 0 Å². The lowest BCUT2D eigenvalue weighted by Crippen LogP contribution is -2.04. The summed E-state index contributed by atoms with van der Waals surface area (Å²) in [5.41, 5.74) is 3.58. The summed E-state index contributed by atoms with van der Waals surface area (Å²) in [5, 5.41) is 7.56. The number of hydrogen-bond acceptors (Lipinski definition) is 7. The molecule has 0 unspecified atom stereocenters. The minimum absolute atomic E-state index is 0.404. The largest absolute Gasteiger partial charge is 0.378 e. The fraction of sp³-hybridized carbons (Fsp3) is 0.167. The molecule has 0 amide bonds. The first-order chi connectivity index (χ1) is 12.7. The van der Waals surface area contributed by atoms with Crippen LogP contribution < -0.4 is 5.32 Å². The highest BCUT2D eigenvalue weighted by molar-refractivity contribution is 5.64. The van der Waals surface area contributed by atoms with E-state index in [0.717, 1.165) is 28.5 Å². The van der Waals surface area contributed by atoms with Gasteiger partial charge >= 0.3 is 0 Å². The number of methoxy groups -OCH3 is 1. The number of ether oxygens (including phenoxy) is 1. The molecule has 1 aromatic carbocycles. The molecule has 0 fully saturated rings. The van der Waals surface area contributed by atoms with Crippen molar-refractivity contribution < 1.29 is 4.74 Å². The third-order valence-electron chi connectivity index (χ3n) is 3.81. The lowest BCUT2D eigenvalue weighted by molar-refractivity contribution is 0.181. The zero-order valence-corrected chi connectivity index (χ0v) is 14.4. The average Bonchev–Trinajstić information content (AvgIpc) is 3.11. The van der Waals surface area contributed by atoms with Crippen LogP contribution >= 0.6 is 0 Å². The summed E-state index contributed by atoms with van der Waals surface area (Å²) < 4.78 is 6.82. The van der Waals surface area contributed by atoms with Crippen molar-refractivity contribution in [2.24, 2.45) is 0 Å². The third-order valence-corrected chi connectivity index (χ3v) is 3.81. The summed E-state index contributed by atoms with van der Waals surface area (Å²) in [7, 11) is 1.63. The third kappa shape index (κ3) is 3.22. The van der Waals surface area contributed by atoms with Crippen molar-refractivity contribution in [2.75, 3.05) is 12.4 Å². The van der Waals surface area contributed by atoms with E-state index in [2.05, 4.69) is 30.4 Å². The first kappa shape index (κ1) is 16.1. The zero-order chi connectivity index (χ0) is 17.9. The van der Waals surface area contributed by atoms with Gasteiger partial charge in [0.2, 0.25) is 0 Å². The summed E-state index contributed by atoms with van der Waals surface area (Å²) in [6.45, 7) is 2.35. The van der Waals surface area contributed by atoms with Gasteiger partial charge in [-0.1, -0.05) is 0 Å². The van der Waals surface area contributed by atoms with Crippen LogP contribution in [0.3, 0.4) is 0 Å². The smallest absolute Gasteiger partial charge is 0.254 e. The molecule has 0 atom stereocenters. The van der Waals surface area contributed by atoms with Gasteiger partial charge in [-0.05, 0) is 37.3 Å². The molecule has 0 bridgehead atoms. The van der Waals surface area contributed by atoms with E-state index < -0.39 is 0 Å². The van der Waals surface area contributed by atoms with Crippen molar-refractivity contribution in [1.29, 1.82) is 0 Å². The number of nitrogens with one attached hydrogen (secondary N) is 1. The Hall–Kier alpha value is -3.39. The molecule has 0 spiro atoms. The molecule has 26 heavy (non-hydrogen) atoms. The van der Waals surface area contributed by atoms with E-state index in [1.807, 2.05) is 43.3 Å². The second kappa shape index (κ2) is 6.85. The molecule has 130 valence electrons. The standard InChI is InChI=1S/C18H17N7O/c1-12-7-8-19-17(22-12)13-3-5-14(6-4-13)23-16-9-15(10-26-2)24-18-20-11-21-25(16)18/h3-9,11,23H,10H2,1-2H3. The molecule has 3 heterocycles. The normalized spacial score (nSPS) is 11.0. The van der Waals surface area contributed by atoms with Crippen molar-refractivity contribution in [3.63, 3.8) is 0 Å². The number of hydrogen-bond donors (Lipinski definition) is 1.